The van der Waals surface area contributed by atoms with Crippen molar-refractivity contribution >= 4 is 34.5 Å². The van der Waals surface area contributed by atoms with Crippen LogP contribution in [0.3, 0.4) is 0 Å². The first-order valence-corrected chi connectivity index (χ1v) is 8.23. The molecule has 1 aliphatic rings. The number of rotatable bonds is 3. The van der Waals surface area contributed by atoms with Gasteiger partial charge in [-0.25, -0.2) is 0 Å². The van der Waals surface area contributed by atoms with Crippen molar-refractivity contribution in [2.45, 2.75) is 18.9 Å². The van der Waals surface area contributed by atoms with Gasteiger partial charge < -0.3 is 10.2 Å². The third-order valence-electron chi connectivity index (χ3n) is 3.71. The first-order valence-electron chi connectivity index (χ1n) is 6.91. The minimum absolute atomic E-state index is 0.0247. The second-order valence-corrected chi connectivity index (χ2v) is 6.26. The Bertz CT molecular complexity index is 609. The molecular formula is C15H16ClN3OS. The van der Waals surface area contributed by atoms with Gasteiger partial charge in [0.1, 0.15) is 0 Å². The SMILES string of the molecule is O=C(NC1CCN(c2ccncc2Cl)CC1)c1ccsc1. The second-order valence-electron chi connectivity index (χ2n) is 5.07. The summed E-state index contributed by atoms with van der Waals surface area (Å²) in [5.41, 5.74) is 1.77. The average Bonchev–Trinajstić information content (AvgIpc) is 3.03. The predicted molar refractivity (Wildman–Crippen MR) is 86.3 cm³/mol. The smallest absolute Gasteiger partial charge is 0.252 e. The summed E-state index contributed by atoms with van der Waals surface area (Å²) in [6.07, 6.45) is 5.27. The highest BCUT2D eigenvalue weighted by molar-refractivity contribution is 7.08. The van der Waals surface area contributed by atoms with Gasteiger partial charge in [-0.1, -0.05) is 11.6 Å². The molecule has 0 atom stereocenters. The number of pyridine rings is 1. The largest absolute Gasteiger partial charge is 0.370 e. The number of piperidine rings is 1. The van der Waals surface area contributed by atoms with E-state index in [2.05, 4.69) is 15.2 Å². The maximum absolute atomic E-state index is 12.0. The number of aromatic nitrogens is 1. The molecule has 110 valence electrons. The molecule has 0 aliphatic carbocycles. The van der Waals surface area contributed by atoms with E-state index in [4.69, 9.17) is 11.6 Å². The molecule has 6 heteroatoms. The Balaban J connectivity index is 1.56. The van der Waals surface area contributed by atoms with Crippen molar-refractivity contribution in [2.24, 2.45) is 0 Å². The number of thiophene rings is 1. The fourth-order valence-corrected chi connectivity index (χ4v) is 3.43. The van der Waals surface area contributed by atoms with Gasteiger partial charge in [-0.15, -0.1) is 0 Å². The average molecular weight is 322 g/mol. The zero-order valence-electron chi connectivity index (χ0n) is 11.5. The fourth-order valence-electron chi connectivity index (χ4n) is 2.55. The number of hydrogen-bond acceptors (Lipinski definition) is 4. The summed E-state index contributed by atoms with van der Waals surface area (Å²) in [6, 6.07) is 4.02. The molecule has 2 aromatic rings. The van der Waals surface area contributed by atoms with Crippen LogP contribution in [-0.2, 0) is 0 Å². The Labute approximate surface area is 132 Å². The van der Waals surface area contributed by atoms with Crippen molar-refractivity contribution in [3.8, 4) is 0 Å². The van der Waals surface area contributed by atoms with Crippen molar-refractivity contribution < 1.29 is 4.79 Å². The Kier molecular flexibility index (Phi) is 4.41. The molecule has 1 saturated heterocycles. The number of halogens is 1. The van der Waals surface area contributed by atoms with E-state index in [1.165, 1.54) is 11.3 Å². The number of hydrogen-bond donors (Lipinski definition) is 1. The molecular weight excluding hydrogens is 306 g/mol. The van der Waals surface area contributed by atoms with Gasteiger partial charge in [0, 0.05) is 42.5 Å². The van der Waals surface area contributed by atoms with Gasteiger partial charge in [0.25, 0.3) is 5.91 Å². The lowest BCUT2D eigenvalue weighted by molar-refractivity contribution is 0.0931. The molecule has 2 aromatic heterocycles. The molecule has 21 heavy (non-hydrogen) atoms. The molecule has 1 aliphatic heterocycles. The maximum atomic E-state index is 12.0. The van der Waals surface area contributed by atoms with Crippen LogP contribution >= 0.6 is 22.9 Å². The van der Waals surface area contributed by atoms with E-state index < -0.39 is 0 Å². The van der Waals surface area contributed by atoms with Gasteiger partial charge in [0.05, 0.1) is 10.7 Å². The fraction of sp³-hybridized carbons (Fsp3) is 0.333. The van der Waals surface area contributed by atoms with Gasteiger partial charge in [-0.3, -0.25) is 9.78 Å². The molecule has 0 spiro atoms. The van der Waals surface area contributed by atoms with E-state index in [0.717, 1.165) is 37.2 Å². The maximum Gasteiger partial charge on any atom is 0.252 e. The third kappa shape index (κ3) is 3.36. The first kappa shape index (κ1) is 14.4. The number of nitrogens with one attached hydrogen (secondary N) is 1. The zero-order valence-corrected chi connectivity index (χ0v) is 13.0. The van der Waals surface area contributed by atoms with E-state index in [1.807, 2.05) is 22.9 Å². The van der Waals surface area contributed by atoms with Crippen LogP contribution in [0.15, 0.2) is 35.3 Å². The van der Waals surface area contributed by atoms with Crippen LogP contribution in [0.25, 0.3) is 0 Å². The van der Waals surface area contributed by atoms with Crippen LogP contribution < -0.4 is 10.2 Å². The molecule has 0 unspecified atom stereocenters. The highest BCUT2D eigenvalue weighted by atomic mass is 35.5. The molecule has 1 amide bonds. The summed E-state index contributed by atoms with van der Waals surface area (Å²) in [6.45, 7) is 1.77. The van der Waals surface area contributed by atoms with E-state index in [-0.39, 0.29) is 11.9 Å². The first-order chi connectivity index (χ1) is 10.2. The van der Waals surface area contributed by atoms with Crippen molar-refractivity contribution in [1.82, 2.24) is 10.3 Å². The van der Waals surface area contributed by atoms with Gasteiger partial charge in [0.2, 0.25) is 0 Å². The molecule has 1 fully saturated rings. The Hall–Kier alpha value is -1.59. The van der Waals surface area contributed by atoms with E-state index in [9.17, 15) is 4.79 Å². The van der Waals surface area contributed by atoms with Gasteiger partial charge in [-0.2, -0.15) is 11.3 Å². The number of carbonyl (C=O) groups excluding carboxylic acids is 1. The van der Waals surface area contributed by atoms with Crippen molar-refractivity contribution in [1.29, 1.82) is 0 Å². The number of nitrogens with zero attached hydrogens (tertiary/aromatic N) is 2. The second kappa shape index (κ2) is 6.45. The summed E-state index contributed by atoms with van der Waals surface area (Å²) in [5.74, 6) is 0.0247. The summed E-state index contributed by atoms with van der Waals surface area (Å²) < 4.78 is 0. The normalized spacial score (nSPS) is 16.0. The number of anilines is 1. The lowest BCUT2D eigenvalue weighted by atomic mass is 10.0. The number of carbonyl (C=O) groups is 1. The molecule has 0 aromatic carbocycles. The van der Waals surface area contributed by atoms with Crippen LogP contribution in [0.1, 0.15) is 23.2 Å². The lowest BCUT2D eigenvalue weighted by Gasteiger charge is -2.34. The Morgan fingerprint density at radius 3 is 2.86 bits per heavy atom. The van der Waals surface area contributed by atoms with E-state index in [0.29, 0.717) is 5.02 Å². The molecule has 0 radical (unpaired) electrons. The zero-order chi connectivity index (χ0) is 14.7. The minimum Gasteiger partial charge on any atom is -0.370 e. The highest BCUT2D eigenvalue weighted by Crippen LogP contribution is 2.27. The molecule has 1 N–H and O–H groups in total. The van der Waals surface area contributed by atoms with Crippen LogP contribution in [0.4, 0.5) is 5.69 Å². The summed E-state index contributed by atoms with van der Waals surface area (Å²) in [5, 5.41) is 7.58. The lowest BCUT2D eigenvalue weighted by Crippen LogP contribution is -2.44. The quantitative estimate of drug-likeness (QED) is 0.944. The van der Waals surface area contributed by atoms with Gasteiger partial charge in [-0.05, 0) is 30.4 Å². The summed E-state index contributed by atoms with van der Waals surface area (Å²) in [7, 11) is 0. The van der Waals surface area contributed by atoms with Gasteiger partial charge in [0.15, 0.2) is 0 Å². The summed E-state index contributed by atoms with van der Waals surface area (Å²) in [4.78, 5) is 18.3. The van der Waals surface area contributed by atoms with E-state index in [1.54, 1.807) is 12.4 Å². The highest BCUT2D eigenvalue weighted by Gasteiger charge is 2.22. The Morgan fingerprint density at radius 1 is 1.38 bits per heavy atom. The van der Waals surface area contributed by atoms with Crippen LogP contribution in [0.2, 0.25) is 5.02 Å². The minimum atomic E-state index is 0.0247. The van der Waals surface area contributed by atoms with Crippen molar-refractivity contribution in [3.63, 3.8) is 0 Å². The van der Waals surface area contributed by atoms with E-state index >= 15 is 0 Å². The molecule has 0 bridgehead atoms. The predicted octanol–water partition coefficient (Wildman–Crippen LogP) is 3.20. The third-order valence-corrected chi connectivity index (χ3v) is 4.68. The van der Waals surface area contributed by atoms with Gasteiger partial charge >= 0.3 is 0 Å². The van der Waals surface area contributed by atoms with Crippen molar-refractivity contribution in [2.75, 3.05) is 18.0 Å². The standard InChI is InChI=1S/C15H16ClN3OS/c16-13-9-17-5-1-14(13)19-6-2-12(3-7-19)18-15(20)11-4-8-21-10-11/h1,4-5,8-10,12H,2-3,6-7H2,(H,18,20). The van der Waals surface area contributed by atoms with Crippen LogP contribution in [0, 0.1) is 0 Å². The summed E-state index contributed by atoms with van der Waals surface area (Å²) >= 11 is 7.71. The molecule has 4 nitrogen and oxygen atoms in total. The monoisotopic (exact) mass is 321 g/mol. The Morgan fingerprint density at radius 2 is 2.19 bits per heavy atom. The number of amides is 1. The van der Waals surface area contributed by atoms with Crippen LogP contribution in [0.5, 0.6) is 0 Å². The molecule has 3 heterocycles. The molecule has 3 rings (SSSR count). The molecule has 0 saturated carbocycles. The van der Waals surface area contributed by atoms with Crippen LogP contribution in [-0.4, -0.2) is 30.0 Å². The van der Waals surface area contributed by atoms with Crippen molar-refractivity contribution in [3.05, 3.63) is 45.9 Å². The topological polar surface area (TPSA) is 45.2 Å².